The summed E-state index contributed by atoms with van der Waals surface area (Å²) in [5, 5.41) is 3.37. The Hall–Kier alpha value is -3.94. The molecule has 3 amide bonds. The van der Waals surface area contributed by atoms with Crippen LogP contribution in [0.3, 0.4) is 0 Å². The van der Waals surface area contributed by atoms with E-state index in [1.54, 1.807) is 37.8 Å². The molecule has 2 aliphatic heterocycles. The predicted molar refractivity (Wildman–Crippen MR) is 160 cm³/mol. The molecular weight excluding hydrogens is 615 g/mol. The third-order valence-electron chi connectivity index (χ3n) is 7.48. The Morgan fingerprint density at radius 2 is 1.17 bits per heavy atom. The monoisotopic (exact) mass is 656 g/mol. The van der Waals surface area contributed by atoms with E-state index in [0.29, 0.717) is 23.6 Å². The van der Waals surface area contributed by atoms with Crippen LogP contribution in [0, 0.1) is 11.6 Å². The normalized spacial score (nSPS) is 21.9. The number of nitrogens with one attached hydrogen (secondary N) is 1. The summed E-state index contributed by atoms with van der Waals surface area (Å²) < 4.78 is 75.5. The van der Waals surface area contributed by atoms with Gasteiger partial charge in [-0.15, -0.1) is 0 Å². The van der Waals surface area contributed by atoms with Gasteiger partial charge in [0.2, 0.25) is 0 Å². The van der Waals surface area contributed by atoms with E-state index in [9.17, 15) is 36.3 Å². The Morgan fingerprint density at radius 3 is 1.63 bits per heavy atom. The number of halogens is 5. The number of hydrogen-bond donors (Lipinski definition) is 1. The first kappa shape index (κ1) is 36.5. The fourth-order valence-electron chi connectivity index (χ4n) is 5.16. The zero-order valence-corrected chi connectivity index (χ0v) is 26.7. The highest BCUT2D eigenvalue weighted by Gasteiger charge is 2.48. The lowest BCUT2D eigenvalue weighted by Gasteiger charge is -2.45. The summed E-state index contributed by atoms with van der Waals surface area (Å²) in [6, 6.07) is 9.54. The van der Waals surface area contributed by atoms with Gasteiger partial charge in [-0.3, -0.25) is 4.79 Å². The molecule has 2 aromatic rings. The van der Waals surface area contributed by atoms with Crippen molar-refractivity contribution < 1.29 is 45.8 Å². The Balaban J connectivity index is 0.000000259. The molecule has 2 aliphatic rings. The zero-order valence-electron chi connectivity index (χ0n) is 26.7. The Morgan fingerprint density at radius 1 is 0.717 bits per heavy atom. The summed E-state index contributed by atoms with van der Waals surface area (Å²) in [6.45, 7) is 11.2. The molecule has 46 heavy (non-hydrogen) atoms. The Kier molecular flexibility index (Phi) is 12.4. The van der Waals surface area contributed by atoms with Crippen molar-refractivity contribution >= 4 is 18.1 Å². The van der Waals surface area contributed by atoms with Crippen molar-refractivity contribution in [1.82, 2.24) is 20.0 Å². The number of rotatable bonds is 4. The van der Waals surface area contributed by atoms with Crippen molar-refractivity contribution in [3.63, 3.8) is 0 Å². The minimum atomic E-state index is -5.04. The van der Waals surface area contributed by atoms with Crippen LogP contribution in [-0.4, -0.2) is 89.4 Å². The van der Waals surface area contributed by atoms with Gasteiger partial charge in [0.25, 0.3) is 0 Å². The molecule has 0 saturated carbocycles. The van der Waals surface area contributed by atoms with Gasteiger partial charge in [-0.1, -0.05) is 24.3 Å². The molecule has 0 aliphatic carbocycles. The van der Waals surface area contributed by atoms with Gasteiger partial charge in [0, 0.05) is 38.3 Å². The summed E-state index contributed by atoms with van der Waals surface area (Å²) in [7, 11) is 0. The maximum atomic E-state index is 13.2. The number of benzene rings is 2. The van der Waals surface area contributed by atoms with Crippen LogP contribution in [0.25, 0.3) is 0 Å². The Labute approximate surface area is 265 Å². The summed E-state index contributed by atoms with van der Waals surface area (Å²) in [5.41, 5.74) is 1.28. The highest BCUT2D eigenvalue weighted by atomic mass is 19.4. The van der Waals surface area contributed by atoms with E-state index < -0.39 is 42.2 Å². The Bertz CT molecular complexity index is 1320. The predicted octanol–water partition coefficient (Wildman–Crippen LogP) is 6.21. The minimum Gasteiger partial charge on any atom is -0.447 e. The van der Waals surface area contributed by atoms with Gasteiger partial charge in [0.05, 0.1) is 24.3 Å². The lowest BCUT2D eigenvalue weighted by molar-refractivity contribution is -0.191. The average molecular weight is 657 g/mol. The third-order valence-corrected chi connectivity index (χ3v) is 7.48. The van der Waals surface area contributed by atoms with Crippen LogP contribution in [-0.2, 0) is 14.3 Å². The van der Waals surface area contributed by atoms with E-state index in [1.807, 2.05) is 20.8 Å². The molecule has 1 N–H and O–H groups in total. The molecule has 4 rings (SSSR count). The molecule has 2 heterocycles. The molecule has 2 saturated heterocycles. The number of nitrogens with zero attached hydrogens (tertiary/aromatic N) is 3. The van der Waals surface area contributed by atoms with Crippen molar-refractivity contribution in [1.29, 1.82) is 0 Å². The second kappa shape index (κ2) is 15.6. The number of alkyl halides is 3. The largest absolute Gasteiger partial charge is 0.471 e. The topological polar surface area (TPSA) is 91.4 Å². The zero-order chi connectivity index (χ0) is 34.3. The average Bonchev–Trinajstić information content (AvgIpc) is 2.97. The van der Waals surface area contributed by atoms with Crippen LogP contribution in [0.4, 0.5) is 31.5 Å². The van der Waals surface area contributed by atoms with Crippen molar-refractivity contribution in [2.24, 2.45) is 0 Å². The standard InChI is InChI=1S/C17H20F4N2O3.C15H21FN2O2/c1-10(2)26-16(25)22-9-14(12-4-6-13(18)7-5-12)23(8-11(22)3)15(24)17(19,20)21;1-10(2)20-15(19)18-9-14(17-8-11(18)3)12-4-6-13(16)7-5-12/h4-7,10-11,14H,8-9H2,1-3H3;4-7,10-11,14,17H,8-9H2,1-3H3. The van der Waals surface area contributed by atoms with Crippen LogP contribution in [0.5, 0.6) is 0 Å². The molecule has 9 nitrogen and oxygen atoms in total. The maximum Gasteiger partial charge on any atom is 0.471 e. The highest BCUT2D eigenvalue weighted by Crippen LogP contribution is 2.33. The van der Waals surface area contributed by atoms with Crippen LogP contribution in [0.1, 0.15) is 64.8 Å². The smallest absolute Gasteiger partial charge is 0.447 e. The number of hydrogen-bond acceptors (Lipinski definition) is 6. The molecule has 254 valence electrons. The van der Waals surface area contributed by atoms with E-state index in [1.165, 1.54) is 29.2 Å². The van der Waals surface area contributed by atoms with Crippen LogP contribution in [0.2, 0.25) is 0 Å². The number of ether oxygens (including phenoxy) is 2. The third kappa shape index (κ3) is 9.78. The van der Waals surface area contributed by atoms with E-state index >= 15 is 0 Å². The molecule has 0 aromatic heterocycles. The van der Waals surface area contributed by atoms with E-state index in [4.69, 9.17) is 9.47 Å². The molecule has 4 atom stereocenters. The number of piperazine rings is 2. The first-order valence-electron chi connectivity index (χ1n) is 15.0. The second-order valence-electron chi connectivity index (χ2n) is 11.9. The van der Waals surface area contributed by atoms with Crippen molar-refractivity contribution in [2.75, 3.05) is 26.2 Å². The lowest BCUT2D eigenvalue weighted by Crippen LogP contribution is -2.59. The number of carbonyl (C=O) groups is 3. The summed E-state index contributed by atoms with van der Waals surface area (Å²) in [5.74, 6) is -2.80. The first-order valence-corrected chi connectivity index (χ1v) is 15.0. The molecule has 2 fully saturated rings. The second-order valence-corrected chi connectivity index (χ2v) is 11.9. The van der Waals surface area contributed by atoms with Crippen molar-refractivity contribution in [2.45, 2.75) is 84.1 Å². The fourth-order valence-corrected chi connectivity index (χ4v) is 5.16. The van der Waals surface area contributed by atoms with Crippen molar-refractivity contribution in [3.8, 4) is 0 Å². The lowest BCUT2D eigenvalue weighted by atomic mass is 9.99. The highest BCUT2D eigenvalue weighted by molar-refractivity contribution is 5.83. The SMILES string of the molecule is CC(C)OC(=O)N1CC(c2ccc(F)cc2)N(C(=O)C(F)(F)F)CC1C.CC(C)OC(=O)N1CC(c2ccc(F)cc2)NCC1C. The van der Waals surface area contributed by atoms with Gasteiger partial charge in [-0.2, -0.15) is 13.2 Å². The van der Waals surface area contributed by atoms with Gasteiger partial charge < -0.3 is 29.5 Å². The molecule has 2 aromatic carbocycles. The van der Waals surface area contributed by atoms with E-state index in [-0.39, 0.29) is 43.2 Å². The molecule has 14 heteroatoms. The van der Waals surface area contributed by atoms with Crippen molar-refractivity contribution in [3.05, 3.63) is 71.3 Å². The van der Waals surface area contributed by atoms with Gasteiger partial charge in [-0.25, -0.2) is 18.4 Å². The molecule has 0 bridgehead atoms. The van der Waals surface area contributed by atoms with E-state index in [0.717, 1.165) is 17.7 Å². The summed E-state index contributed by atoms with van der Waals surface area (Å²) in [4.78, 5) is 39.9. The summed E-state index contributed by atoms with van der Waals surface area (Å²) in [6.07, 6.45) is -6.53. The fraction of sp³-hybridized carbons (Fsp3) is 0.531. The van der Waals surface area contributed by atoms with Gasteiger partial charge in [0.1, 0.15) is 11.6 Å². The quantitative estimate of drug-likeness (QED) is 0.394. The van der Waals surface area contributed by atoms with Gasteiger partial charge in [0.15, 0.2) is 0 Å². The summed E-state index contributed by atoms with van der Waals surface area (Å²) >= 11 is 0. The number of amides is 3. The van der Waals surface area contributed by atoms with Crippen LogP contribution < -0.4 is 5.32 Å². The molecule has 4 unspecified atom stereocenters. The molecular formula is C32H41F5N4O5. The van der Waals surface area contributed by atoms with Crippen LogP contribution >= 0.6 is 0 Å². The van der Waals surface area contributed by atoms with Gasteiger partial charge in [-0.05, 0) is 76.9 Å². The maximum absolute atomic E-state index is 13.2. The number of carbonyl (C=O) groups excluding carboxylic acids is 3. The molecule has 0 spiro atoms. The van der Waals surface area contributed by atoms with Crippen LogP contribution in [0.15, 0.2) is 48.5 Å². The van der Waals surface area contributed by atoms with E-state index in [2.05, 4.69) is 5.32 Å². The molecule has 0 radical (unpaired) electrons. The minimum absolute atomic E-state index is 0.00603. The first-order chi connectivity index (χ1) is 21.5. The van der Waals surface area contributed by atoms with Gasteiger partial charge >= 0.3 is 24.3 Å².